The van der Waals surface area contributed by atoms with Crippen LogP contribution in [-0.4, -0.2) is 39.2 Å². The Labute approximate surface area is 188 Å². The molecule has 4 nitrogen and oxygen atoms in total. The van der Waals surface area contributed by atoms with Crippen molar-refractivity contribution >= 4 is 45.0 Å². The molecule has 2 aromatic rings. The summed E-state index contributed by atoms with van der Waals surface area (Å²) in [6.45, 7) is 5.07. The molecule has 0 radical (unpaired) electrons. The average Bonchev–Trinajstić information content (AvgIpc) is 2.70. The fourth-order valence-electron chi connectivity index (χ4n) is 3.57. The van der Waals surface area contributed by atoms with E-state index in [9.17, 15) is 8.42 Å². The number of benzene rings is 2. The molecule has 0 amide bonds. The molecule has 158 valence electrons. The molecule has 29 heavy (non-hydrogen) atoms. The van der Waals surface area contributed by atoms with E-state index in [0.29, 0.717) is 23.0 Å². The maximum absolute atomic E-state index is 12.7. The summed E-state index contributed by atoms with van der Waals surface area (Å²) in [5.41, 5.74) is 2.04. The predicted molar refractivity (Wildman–Crippen MR) is 123 cm³/mol. The molecule has 2 aromatic carbocycles. The van der Waals surface area contributed by atoms with Gasteiger partial charge in [0.1, 0.15) is 4.90 Å². The summed E-state index contributed by atoms with van der Waals surface area (Å²) in [7, 11) is -3.66. The fraction of sp³-hybridized carbons (Fsp3) is 0.429. The number of nitrogens with zero attached hydrogens (tertiary/aromatic N) is 1. The van der Waals surface area contributed by atoms with Gasteiger partial charge < -0.3 is 0 Å². The maximum Gasteiger partial charge on any atom is 0.242 e. The highest BCUT2D eigenvalue weighted by atomic mass is 35.5. The maximum atomic E-state index is 12.7. The minimum Gasteiger partial charge on any atom is -0.299 e. The zero-order chi connectivity index (χ0) is 21.0. The van der Waals surface area contributed by atoms with Crippen LogP contribution in [-0.2, 0) is 16.6 Å². The number of nitrogens with one attached hydrogen (secondary N) is 1. The fourth-order valence-corrected chi connectivity index (χ4v) is 6.12. The molecule has 0 bridgehead atoms. The summed E-state index contributed by atoms with van der Waals surface area (Å²) < 4.78 is 28.1. The highest BCUT2D eigenvalue weighted by molar-refractivity contribution is 7.98. The van der Waals surface area contributed by atoms with Gasteiger partial charge in [0.25, 0.3) is 0 Å². The monoisotopic (exact) mass is 472 g/mol. The van der Waals surface area contributed by atoms with Gasteiger partial charge in [-0.25, -0.2) is 13.1 Å². The molecular weight excluding hydrogens is 447 g/mol. The number of halogens is 2. The quantitative estimate of drug-likeness (QED) is 0.561. The third-order valence-electron chi connectivity index (χ3n) is 5.36. The first kappa shape index (κ1) is 22.9. The Kier molecular flexibility index (Phi) is 7.93. The van der Waals surface area contributed by atoms with Gasteiger partial charge in [-0.3, -0.25) is 4.90 Å². The van der Waals surface area contributed by atoms with Crippen molar-refractivity contribution in [1.29, 1.82) is 0 Å². The van der Waals surface area contributed by atoms with E-state index < -0.39 is 10.0 Å². The van der Waals surface area contributed by atoms with Crippen molar-refractivity contribution in [2.75, 3.05) is 25.9 Å². The molecular formula is C21H26Cl2N2O2S2. The topological polar surface area (TPSA) is 49.4 Å². The smallest absolute Gasteiger partial charge is 0.242 e. The Balaban J connectivity index is 1.54. The third-order valence-corrected chi connectivity index (χ3v) is 8.49. The molecule has 0 spiro atoms. The summed E-state index contributed by atoms with van der Waals surface area (Å²) in [5.74, 6) is 0.323. The first-order valence-electron chi connectivity index (χ1n) is 9.59. The lowest BCUT2D eigenvalue weighted by molar-refractivity contribution is 0.177. The van der Waals surface area contributed by atoms with Crippen LogP contribution < -0.4 is 4.72 Å². The molecule has 1 aliphatic rings. The van der Waals surface area contributed by atoms with Crippen LogP contribution in [0.2, 0.25) is 10.0 Å². The molecule has 0 aromatic heterocycles. The second-order valence-corrected chi connectivity index (χ2v) is 10.8. The molecule has 0 unspecified atom stereocenters. The first-order chi connectivity index (χ1) is 13.8. The van der Waals surface area contributed by atoms with Crippen LogP contribution in [0.1, 0.15) is 24.0 Å². The highest BCUT2D eigenvalue weighted by Crippen LogP contribution is 2.29. The van der Waals surface area contributed by atoms with E-state index in [4.69, 9.17) is 23.2 Å². The minimum atomic E-state index is -3.66. The van der Waals surface area contributed by atoms with Gasteiger partial charge in [0.05, 0.1) is 5.02 Å². The molecule has 1 saturated heterocycles. The number of thioether (sulfide) groups is 1. The van der Waals surface area contributed by atoms with Gasteiger partial charge in [0, 0.05) is 23.0 Å². The van der Waals surface area contributed by atoms with Crippen LogP contribution in [0.15, 0.2) is 46.2 Å². The van der Waals surface area contributed by atoms with Gasteiger partial charge in [-0.15, -0.1) is 11.8 Å². The molecule has 0 atom stereocenters. The summed E-state index contributed by atoms with van der Waals surface area (Å²) >= 11 is 13.9. The molecule has 1 fully saturated rings. The zero-order valence-corrected chi connectivity index (χ0v) is 19.8. The van der Waals surface area contributed by atoms with Crippen molar-refractivity contribution in [2.24, 2.45) is 5.92 Å². The number of rotatable bonds is 7. The second-order valence-electron chi connectivity index (χ2n) is 7.42. The zero-order valence-electron chi connectivity index (χ0n) is 16.6. The van der Waals surface area contributed by atoms with Crippen LogP contribution in [0.3, 0.4) is 0 Å². The number of piperidine rings is 1. The summed E-state index contributed by atoms with van der Waals surface area (Å²) in [6.07, 6.45) is 4.04. The van der Waals surface area contributed by atoms with E-state index in [0.717, 1.165) is 32.5 Å². The highest BCUT2D eigenvalue weighted by Gasteiger charge is 2.24. The number of hydrogen-bond acceptors (Lipinski definition) is 4. The normalized spacial score (nSPS) is 16.3. The van der Waals surface area contributed by atoms with Crippen molar-refractivity contribution in [3.8, 4) is 0 Å². The lowest BCUT2D eigenvalue weighted by atomic mass is 9.97. The van der Waals surface area contributed by atoms with Crippen LogP contribution in [0.4, 0.5) is 0 Å². The van der Waals surface area contributed by atoms with Crippen molar-refractivity contribution in [3.05, 3.63) is 57.6 Å². The average molecular weight is 473 g/mol. The predicted octanol–water partition coefficient (Wildman–Crippen LogP) is 5.21. The molecule has 0 aliphatic carbocycles. The van der Waals surface area contributed by atoms with E-state index in [2.05, 4.69) is 40.1 Å². The summed E-state index contributed by atoms with van der Waals surface area (Å²) in [5, 5.41) is 0.611. The number of aryl methyl sites for hydroxylation is 1. The van der Waals surface area contributed by atoms with Crippen LogP contribution in [0, 0.1) is 12.8 Å². The first-order valence-corrected chi connectivity index (χ1v) is 13.1. The Morgan fingerprint density at radius 2 is 1.83 bits per heavy atom. The largest absolute Gasteiger partial charge is 0.299 e. The molecule has 8 heteroatoms. The SMILES string of the molecule is CSc1ccccc1CN1CCC(CNS(=O)(=O)c2cc(C)c(Cl)cc2Cl)CC1. The molecule has 1 aliphatic heterocycles. The third kappa shape index (κ3) is 5.90. The second kappa shape index (κ2) is 10.0. The van der Waals surface area contributed by atoms with Crippen molar-refractivity contribution in [1.82, 2.24) is 9.62 Å². The molecule has 3 rings (SSSR count). The van der Waals surface area contributed by atoms with Gasteiger partial charge in [-0.2, -0.15) is 0 Å². The van der Waals surface area contributed by atoms with E-state index >= 15 is 0 Å². The van der Waals surface area contributed by atoms with E-state index in [1.54, 1.807) is 18.7 Å². The van der Waals surface area contributed by atoms with Crippen LogP contribution >= 0.6 is 35.0 Å². The van der Waals surface area contributed by atoms with Gasteiger partial charge in [0.2, 0.25) is 10.0 Å². The standard InChI is InChI=1S/C21H26Cl2N2O2S2/c1-15-11-21(19(23)12-18(15)22)29(26,27)24-13-16-7-9-25(10-8-16)14-17-5-3-4-6-20(17)28-2/h3-6,11-12,16,24H,7-10,13-14H2,1-2H3. The molecule has 0 saturated carbocycles. The minimum absolute atomic E-state index is 0.0900. The van der Waals surface area contributed by atoms with Crippen LogP contribution in [0.25, 0.3) is 0 Å². The Bertz CT molecular complexity index is 959. The molecule has 1 heterocycles. The van der Waals surface area contributed by atoms with Crippen LogP contribution in [0.5, 0.6) is 0 Å². The summed E-state index contributed by atoms with van der Waals surface area (Å²) in [6, 6.07) is 11.5. The van der Waals surface area contributed by atoms with E-state index in [1.165, 1.54) is 22.6 Å². The van der Waals surface area contributed by atoms with Gasteiger partial charge in [0.15, 0.2) is 0 Å². The summed E-state index contributed by atoms with van der Waals surface area (Å²) in [4.78, 5) is 3.85. The van der Waals surface area contributed by atoms with E-state index in [-0.39, 0.29) is 9.92 Å². The number of likely N-dealkylation sites (tertiary alicyclic amines) is 1. The Hall–Kier alpha value is -0.760. The van der Waals surface area contributed by atoms with Crippen molar-refractivity contribution in [2.45, 2.75) is 36.1 Å². The van der Waals surface area contributed by atoms with Crippen molar-refractivity contribution < 1.29 is 8.42 Å². The Morgan fingerprint density at radius 1 is 1.14 bits per heavy atom. The van der Waals surface area contributed by atoms with Gasteiger partial charge in [-0.05, 0) is 74.4 Å². The lowest BCUT2D eigenvalue weighted by Crippen LogP contribution is -2.38. The number of sulfonamides is 1. The van der Waals surface area contributed by atoms with Crippen molar-refractivity contribution in [3.63, 3.8) is 0 Å². The van der Waals surface area contributed by atoms with E-state index in [1.807, 2.05) is 0 Å². The number of hydrogen-bond donors (Lipinski definition) is 1. The molecule has 1 N–H and O–H groups in total. The lowest BCUT2D eigenvalue weighted by Gasteiger charge is -2.32. The van der Waals surface area contributed by atoms with Gasteiger partial charge in [-0.1, -0.05) is 41.4 Å². The van der Waals surface area contributed by atoms with Gasteiger partial charge >= 0.3 is 0 Å². The Morgan fingerprint density at radius 3 is 2.52 bits per heavy atom.